The summed E-state index contributed by atoms with van der Waals surface area (Å²) in [7, 11) is -3.47. The van der Waals surface area contributed by atoms with Crippen LogP contribution in [0.25, 0.3) is 10.8 Å². The Balaban J connectivity index is 2.61. The summed E-state index contributed by atoms with van der Waals surface area (Å²) in [6.07, 6.45) is 3.03. The molecule has 0 unspecified atom stereocenters. The number of anilines is 1. The van der Waals surface area contributed by atoms with Crippen LogP contribution < -0.4 is 4.72 Å². The maximum absolute atomic E-state index is 11.0. The number of benzene rings is 2. The summed E-state index contributed by atoms with van der Waals surface area (Å²) in [5, 5.41) is 1.86. The highest BCUT2D eigenvalue weighted by Gasteiger charge is 2.04. The Bertz CT molecular complexity index is 585. The molecule has 0 bridgehead atoms. The van der Waals surface area contributed by atoms with Crippen LogP contribution in [0.3, 0.4) is 0 Å². The number of fused-ring (bicyclic) bond motifs is 1. The number of nitrogens with one attached hydrogen (secondary N) is 1. The molecule has 0 saturated carbocycles. The molecule has 15 heavy (non-hydrogen) atoms. The summed E-state index contributed by atoms with van der Waals surface area (Å²) in [6, 6.07) is 13.0. The Morgan fingerprint density at radius 3 is 2.40 bits per heavy atom. The monoisotopic (exact) mass is 220 g/mol. The zero-order valence-corrected chi connectivity index (χ0v) is 8.79. The summed E-state index contributed by atoms with van der Waals surface area (Å²) in [6.45, 7) is 0. The van der Waals surface area contributed by atoms with Crippen LogP contribution in [0.15, 0.2) is 42.5 Å². The third-order valence-electron chi connectivity index (χ3n) is 2.06. The summed E-state index contributed by atoms with van der Waals surface area (Å²) in [5.41, 5.74) is 0.558. The fourth-order valence-electron chi connectivity index (χ4n) is 1.48. The molecule has 2 aromatic carbocycles. The maximum Gasteiger partial charge on any atom is 0.233 e. The van der Waals surface area contributed by atoms with Gasteiger partial charge in [-0.1, -0.05) is 36.4 Å². The zero-order chi connectivity index (χ0) is 10.9. The molecule has 3 nitrogen and oxygen atoms in total. The lowest BCUT2D eigenvalue weighted by atomic mass is 10.1. The van der Waals surface area contributed by atoms with Crippen LogP contribution >= 0.6 is 0 Å². The molecule has 2 rings (SSSR count). The van der Waals surface area contributed by atoms with E-state index in [1.54, 1.807) is 12.1 Å². The number of hydrogen-bond donors (Lipinski definition) is 1. The van der Waals surface area contributed by atoms with Crippen LogP contribution in [0.1, 0.15) is 0 Å². The third kappa shape index (κ3) is 2.27. The Kier molecular flexibility index (Phi) is 2.36. The summed E-state index contributed by atoms with van der Waals surface area (Å²) in [5.74, 6) is 0. The van der Waals surface area contributed by atoms with Gasteiger partial charge in [0, 0.05) is 5.39 Å². The highest BCUT2D eigenvalue weighted by molar-refractivity contribution is 7.93. The van der Waals surface area contributed by atoms with E-state index in [1.807, 2.05) is 30.3 Å². The summed E-state index contributed by atoms with van der Waals surface area (Å²) in [4.78, 5) is 0. The number of hydrogen-bond acceptors (Lipinski definition) is 2. The molecule has 0 aliphatic carbocycles. The van der Waals surface area contributed by atoms with E-state index in [2.05, 4.69) is 11.0 Å². The van der Waals surface area contributed by atoms with E-state index in [4.69, 9.17) is 0 Å². The van der Waals surface area contributed by atoms with Gasteiger partial charge < -0.3 is 0 Å². The van der Waals surface area contributed by atoms with E-state index < -0.39 is 10.0 Å². The van der Waals surface area contributed by atoms with Crippen molar-refractivity contribution < 1.29 is 8.42 Å². The summed E-state index contributed by atoms with van der Waals surface area (Å²) >= 11 is 0. The molecule has 0 aliphatic heterocycles. The van der Waals surface area contributed by atoms with Crippen molar-refractivity contribution >= 4 is 26.5 Å². The molecule has 0 fully saturated rings. The molecule has 0 aromatic heterocycles. The fourth-order valence-corrected chi connectivity index (χ4v) is 1.99. The minimum Gasteiger partial charge on any atom is -0.283 e. The van der Waals surface area contributed by atoms with Crippen LogP contribution in [0.5, 0.6) is 0 Å². The van der Waals surface area contributed by atoms with E-state index in [1.165, 1.54) is 0 Å². The smallest absolute Gasteiger partial charge is 0.233 e. The molecule has 4 heteroatoms. The highest BCUT2D eigenvalue weighted by atomic mass is 32.2. The van der Waals surface area contributed by atoms with Crippen LogP contribution in [0.2, 0.25) is 0 Å². The lowest BCUT2D eigenvalue weighted by molar-refractivity contribution is 0.609. The lowest BCUT2D eigenvalue weighted by Crippen LogP contribution is -2.07. The van der Waals surface area contributed by atoms with Crippen molar-refractivity contribution in [3.63, 3.8) is 0 Å². The first-order valence-electron chi connectivity index (χ1n) is 4.40. The maximum atomic E-state index is 11.0. The zero-order valence-electron chi connectivity index (χ0n) is 7.97. The number of sulfonamides is 1. The van der Waals surface area contributed by atoms with Crippen molar-refractivity contribution in [1.82, 2.24) is 0 Å². The Labute approximate surface area is 88.8 Å². The van der Waals surface area contributed by atoms with Gasteiger partial charge in [0.15, 0.2) is 0 Å². The second kappa shape index (κ2) is 3.55. The fraction of sp³-hybridized carbons (Fsp3) is 0. The van der Waals surface area contributed by atoms with E-state index in [9.17, 15) is 8.42 Å². The Morgan fingerprint density at radius 2 is 1.67 bits per heavy atom. The molecule has 0 heterocycles. The molecule has 1 N–H and O–H groups in total. The van der Waals surface area contributed by atoms with Gasteiger partial charge >= 0.3 is 0 Å². The SMILES string of the molecule is [CH2]S(=O)(=O)Nc1cccc2ccccc12. The van der Waals surface area contributed by atoms with Crippen molar-refractivity contribution in [2.75, 3.05) is 4.72 Å². The minimum atomic E-state index is -3.47. The lowest BCUT2D eigenvalue weighted by Gasteiger charge is -2.07. The van der Waals surface area contributed by atoms with Gasteiger partial charge in [0.25, 0.3) is 0 Å². The van der Waals surface area contributed by atoms with Crippen molar-refractivity contribution in [3.05, 3.63) is 48.7 Å². The van der Waals surface area contributed by atoms with Crippen molar-refractivity contribution in [1.29, 1.82) is 0 Å². The highest BCUT2D eigenvalue weighted by Crippen LogP contribution is 2.23. The number of rotatable bonds is 2. The van der Waals surface area contributed by atoms with E-state index in [0.717, 1.165) is 10.8 Å². The van der Waals surface area contributed by atoms with Crippen LogP contribution in [0.4, 0.5) is 5.69 Å². The average molecular weight is 220 g/mol. The molecule has 0 spiro atoms. The topological polar surface area (TPSA) is 46.2 Å². The molecule has 1 radical (unpaired) electrons. The summed E-state index contributed by atoms with van der Waals surface area (Å²) < 4.78 is 24.4. The first-order chi connectivity index (χ1) is 7.06. The average Bonchev–Trinajstić information content (AvgIpc) is 2.16. The predicted octanol–water partition coefficient (Wildman–Crippen LogP) is 2.37. The minimum absolute atomic E-state index is 0.558. The Morgan fingerprint density at radius 1 is 1.00 bits per heavy atom. The molecular formula is C11H10NO2S. The largest absolute Gasteiger partial charge is 0.283 e. The molecule has 0 aliphatic rings. The molecule has 2 aromatic rings. The second-order valence-electron chi connectivity index (χ2n) is 3.24. The van der Waals surface area contributed by atoms with Gasteiger partial charge in [0.05, 0.1) is 11.9 Å². The first kappa shape index (κ1) is 9.98. The van der Waals surface area contributed by atoms with Gasteiger partial charge in [-0.25, -0.2) is 8.42 Å². The van der Waals surface area contributed by atoms with E-state index in [0.29, 0.717) is 5.69 Å². The standard InChI is InChI=1S/C11H10NO2S/c1-15(13,14)12-11-8-4-6-9-5-2-3-7-10(9)11/h2-8,12H,1H2. The van der Waals surface area contributed by atoms with Gasteiger partial charge in [-0.15, -0.1) is 0 Å². The quantitative estimate of drug-likeness (QED) is 0.844. The molecule has 0 saturated heterocycles. The van der Waals surface area contributed by atoms with Gasteiger partial charge in [0.1, 0.15) is 0 Å². The van der Waals surface area contributed by atoms with E-state index in [-0.39, 0.29) is 0 Å². The van der Waals surface area contributed by atoms with Crippen molar-refractivity contribution in [2.24, 2.45) is 0 Å². The molecule has 0 atom stereocenters. The van der Waals surface area contributed by atoms with E-state index >= 15 is 0 Å². The second-order valence-corrected chi connectivity index (χ2v) is 4.68. The van der Waals surface area contributed by atoms with Gasteiger partial charge in [-0.05, 0) is 11.5 Å². The molecular weight excluding hydrogens is 210 g/mol. The predicted molar refractivity (Wildman–Crippen MR) is 61.8 cm³/mol. The third-order valence-corrected chi connectivity index (χ3v) is 2.59. The first-order valence-corrected chi connectivity index (χ1v) is 6.05. The molecule has 77 valence electrons. The van der Waals surface area contributed by atoms with Crippen LogP contribution in [0, 0.1) is 6.26 Å². The molecule has 0 amide bonds. The van der Waals surface area contributed by atoms with Crippen LogP contribution in [-0.4, -0.2) is 8.42 Å². The Hall–Kier alpha value is -1.55. The van der Waals surface area contributed by atoms with Crippen molar-refractivity contribution in [2.45, 2.75) is 0 Å². The van der Waals surface area contributed by atoms with Gasteiger partial charge in [-0.3, -0.25) is 4.72 Å². The van der Waals surface area contributed by atoms with Gasteiger partial charge in [0.2, 0.25) is 10.0 Å². The van der Waals surface area contributed by atoms with Crippen molar-refractivity contribution in [3.8, 4) is 0 Å². The normalized spacial score (nSPS) is 11.5. The van der Waals surface area contributed by atoms with Gasteiger partial charge in [-0.2, -0.15) is 0 Å². The van der Waals surface area contributed by atoms with Crippen LogP contribution in [-0.2, 0) is 10.0 Å².